The van der Waals surface area contributed by atoms with Gasteiger partial charge in [-0.15, -0.1) is 0 Å². The van der Waals surface area contributed by atoms with Gasteiger partial charge in [0.15, 0.2) is 0 Å². The molecule has 1 spiro atoms. The van der Waals surface area contributed by atoms with Gasteiger partial charge in [-0.3, -0.25) is 57.5 Å². The molecule has 109 heavy (non-hydrogen) atoms. The van der Waals surface area contributed by atoms with Crippen LogP contribution in [0.1, 0.15) is 189 Å². The van der Waals surface area contributed by atoms with Crippen LogP contribution < -0.4 is 21.3 Å². The first-order valence-electron chi connectivity index (χ1n) is 39.2. The topological polar surface area (TPSA) is 288 Å². The van der Waals surface area contributed by atoms with Crippen LogP contribution >= 0.6 is 0 Å². The maximum absolute atomic E-state index is 15.6. The van der Waals surface area contributed by atoms with Crippen LogP contribution in [0, 0.1) is 41.4 Å². The Morgan fingerprint density at radius 1 is 0.679 bits per heavy atom. The summed E-state index contributed by atoms with van der Waals surface area (Å²) in [5.74, 6) is -17.1. The number of alkyl halides is 8. The van der Waals surface area contributed by atoms with Crippen molar-refractivity contribution in [3.63, 3.8) is 0 Å². The van der Waals surface area contributed by atoms with Gasteiger partial charge in [-0.2, -0.15) is 26.3 Å². The number of likely N-dealkylation sites (N-methyl/N-ethyl adjacent to an activating group) is 5. The molecule has 616 valence electrons. The largest absolute Gasteiger partial charge is 0.397 e. The van der Waals surface area contributed by atoms with E-state index in [4.69, 9.17) is 4.74 Å². The van der Waals surface area contributed by atoms with E-state index in [1.165, 1.54) is 61.9 Å². The fourth-order valence-corrected chi connectivity index (χ4v) is 17.2. The molecule has 4 saturated carbocycles. The van der Waals surface area contributed by atoms with Gasteiger partial charge in [-0.05, 0) is 152 Å². The summed E-state index contributed by atoms with van der Waals surface area (Å²) in [5, 5.41) is 11.0. The van der Waals surface area contributed by atoms with E-state index in [9.17, 15) is 45.5 Å². The van der Waals surface area contributed by atoms with Crippen molar-refractivity contribution in [2.75, 3.05) is 81.6 Å². The number of carbonyl (C=O) groups is 12. The van der Waals surface area contributed by atoms with Gasteiger partial charge >= 0.3 is 12.4 Å². The second-order valence-corrected chi connectivity index (χ2v) is 32.3. The lowest BCUT2D eigenvalue weighted by Crippen LogP contribution is -2.68. The minimum atomic E-state index is -5.22. The quantitative estimate of drug-likeness (QED) is 0.0972. The minimum absolute atomic E-state index is 0.00544. The van der Waals surface area contributed by atoms with Gasteiger partial charge < -0.3 is 65.2 Å². The number of carbonyl (C=O) groups excluding carboxylic acids is 12. The summed E-state index contributed by atoms with van der Waals surface area (Å²) in [6, 6.07) is -11.4. The van der Waals surface area contributed by atoms with Gasteiger partial charge in [0.25, 0.3) is 0 Å². The van der Waals surface area contributed by atoms with Crippen molar-refractivity contribution in [3.05, 3.63) is 12.2 Å². The Morgan fingerprint density at radius 3 is 1.88 bits per heavy atom. The van der Waals surface area contributed by atoms with Crippen molar-refractivity contribution in [3.8, 4) is 0 Å². The molecular formula is C76H118F8N12O13. The first-order valence-corrected chi connectivity index (χ1v) is 39.2. The molecule has 4 aliphatic carbocycles. The van der Waals surface area contributed by atoms with Crippen LogP contribution in [0.2, 0.25) is 0 Å². The fourth-order valence-electron chi connectivity index (χ4n) is 17.2. The number of halogens is 8. The molecule has 7 aliphatic rings. The average molecular weight is 1560 g/mol. The summed E-state index contributed by atoms with van der Waals surface area (Å²) in [7, 11) is 8.19. The van der Waals surface area contributed by atoms with E-state index < -0.39 is 230 Å². The number of nitrogens with one attached hydrogen (secondary N) is 4. The van der Waals surface area contributed by atoms with E-state index in [1.807, 2.05) is 13.8 Å². The predicted molar refractivity (Wildman–Crippen MR) is 386 cm³/mol. The molecule has 0 aromatic carbocycles. The molecule has 25 nitrogen and oxygen atoms in total. The summed E-state index contributed by atoms with van der Waals surface area (Å²) < 4.78 is 121. The average Bonchev–Trinajstić information content (AvgIpc) is 1.71. The monoisotopic (exact) mass is 1560 g/mol. The number of hydrogen-bond donors (Lipinski definition) is 4. The van der Waals surface area contributed by atoms with Crippen molar-refractivity contribution in [1.29, 1.82) is 0 Å². The van der Waals surface area contributed by atoms with Crippen molar-refractivity contribution in [2.24, 2.45) is 41.4 Å². The molecule has 2 bridgehead atoms. The van der Waals surface area contributed by atoms with E-state index in [0.717, 1.165) is 19.6 Å². The maximum atomic E-state index is 15.6. The summed E-state index contributed by atoms with van der Waals surface area (Å²) in [6.07, 6.45) is -12.9. The van der Waals surface area contributed by atoms with Gasteiger partial charge in [-0.25, -0.2) is 8.78 Å². The van der Waals surface area contributed by atoms with Crippen molar-refractivity contribution < 1.29 is 97.4 Å². The highest BCUT2D eigenvalue weighted by molar-refractivity contribution is 6.01. The molecule has 0 aromatic heterocycles. The Balaban J connectivity index is 1.33. The zero-order valence-electron chi connectivity index (χ0n) is 65.5. The van der Waals surface area contributed by atoms with Crippen LogP contribution in [0.15, 0.2) is 12.2 Å². The van der Waals surface area contributed by atoms with E-state index in [-0.39, 0.29) is 109 Å². The zero-order valence-corrected chi connectivity index (χ0v) is 65.5. The molecule has 6 fully saturated rings. The normalized spacial score (nSPS) is 31.7. The molecule has 12 atom stereocenters. The van der Waals surface area contributed by atoms with E-state index >= 15 is 47.1 Å². The number of amides is 12. The smallest absolute Gasteiger partial charge is 0.377 e. The van der Waals surface area contributed by atoms with Crippen LogP contribution in [0.3, 0.4) is 0 Å². The zero-order chi connectivity index (χ0) is 80.9. The molecule has 33 heteroatoms. The Hall–Kier alpha value is -7.22. The standard InChI is InChI=1S/C76H118F8N12O13/c1-13-33-94-55(35-44(4)5)65(100)87-63(45(6)14-2)67(102)85-41-61(99)91(10)54-24-17-16-20-34-95(71(54)106)58(38-46-25-28-49(29-26-46)75(79,80)81)70(105)90(9)43-59(97)86-53(30-27-47-36-51(77)62(52(78)37-47)76(82,83)84)68(103)96-42-50(109-15-3)39-56(96)66(101)88-74(31-21-32-74)73(108)93(12)64(48-22-18-19-23-48)72(107)92(11)57(40-60(94)98)69(104)89(7)8/h16-17,44-58,62-64H,13-15,18-43H2,1-12H3,(H,85,102)(H,86,97)(H,87,100)(H,88,101)/b17-16-/t45-,46?,47?,49?,50+,51?,52?,53-,54-,55-,56-,57-,58-,62?,63-,64-/m0/s1. The lowest BCUT2D eigenvalue weighted by atomic mass is 9.74. The van der Waals surface area contributed by atoms with Crippen LogP contribution in [0.25, 0.3) is 0 Å². The van der Waals surface area contributed by atoms with Crippen molar-refractivity contribution in [2.45, 2.75) is 274 Å². The first kappa shape index (κ1) is 89.0. The summed E-state index contributed by atoms with van der Waals surface area (Å²) >= 11 is 0. The van der Waals surface area contributed by atoms with Crippen LogP contribution in [0.5, 0.6) is 0 Å². The third-order valence-corrected chi connectivity index (χ3v) is 23.9. The van der Waals surface area contributed by atoms with Gasteiger partial charge in [0, 0.05) is 74.9 Å². The highest BCUT2D eigenvalue weighted by Gasteiger charge is 2.56. The van der Waals surface area contributed by atoms with Gasteiger partial charge in [-0.1, -0.05) is 66.0 Å². The number of hydrogen-bond acceptors (Lipinski definition) is 13. The van der Waals surface area contributed by atoms with E-state index in [1.54, 1.807) is 39.8 Å². The third-order valence-electron chi connectivity index (χ3n) is 23.9. The Kier molecular flexibility index (Phi) is 31.7. The van der Waals surface area contributed by atoms with Crippen molar-refractivity contribution >= 4 is 70.9 Å². The van der Waals surface area contributed by atoms with Crippen LogP contribution in [-0.4, -0.2) is 276 Å². The molecule has 2 unspecified atom stereocenters. The third kappa shape index (κ3) is 22.1. The van der Waals surface area contributed by atoms with Gasteiger partial charge in [0.1, 0.15) is 72.1 Å². The molecule has 12 amide bonds. The Labute approximate surface area is 635 Å². The molecule has 7 rings (SSSR count). The molecule has 0 aromatic rings. The summed E-state index contributed by atoms with van der Waals surface area (Å²) in [5.41, 5.74) is -1.69. The maximum Gasteiger partial charge on any atom is 0.397 e. The lowest BCUT2D eigenvalue weighted by molar-refractivity contribution is -0.219. The first-order chi connectivity index (χ1) is 51.2. The SMILES string of the molecule is CCCN1C(=O)C[C@@H](C(=O)N(C)C)N(C)C(=O)[C@H](C2CCCC2)N(C)C(=O)C2(CCC2)NC(=O)[C@@H]2C[C@@H](OCC)CN2C(=O)[C@H](CCC2CC(F)C(C(F)(F)F)C(F)C2)NC(=O)CN(C)C(=O)[C@H](CC2CCC(C(F)(F)F)CC2)N2CC/C=C\C[C@@H](C2=O)N(C)C(=O)CNC(=O)[C@H]([C@@H](C)CC)NC(=O)[C@@H]1CC(C)C. The number of rotatable bonds is 15. The molecule has 0 radical (unpaired) electrons. The predicted octanol–water partition coefficient (Wildman–Crippen LogP) is 6.79. The fraction of sp³-hybridized carbons (Fsp3) is 0.816. The van der Waals surface area contributed by atoms with Crippen molar-refractivity contribution in [1.82, 2.24) is 60.5 Å². The van der Waals surface area contributed by atoms with Gasteiger partial charge in [0.05, 0.1) is 31.5 Å². The van der Waals surface area contributed by atoms with E-state index in [0.29, 0.717) is 44.9 Å². The molecule has 4 N–H and O–H groups in total. The molecule has 3 heterocycles. The number of nitrogens with zero attached hydrogens (tertiary/aromatic N) is 8. The summed E-state index contributed by atoms with van der Waals surface area (Å²) in [6.45, 7) is 8.59. The highest BCUT2D eigenvalue weighted by atomic mass is 19.4. The van der Waals surface area contributed by atoms with Gasteiger partial charge in [0.2, 0.25) is 70.9 Å². The molecule has 3 aliphatic heterocycles. The van der Waals surface area contributed by atoms with Crippen LogP contribution in [0.4, 0.5) is 35.1 Å². The molecule has 2 saturated heterocycles. The Morgan fingerprint density at radius 2 is 1.32 bits per heavy atom. The minimum Gasteiger partial charge on any atom is -0.377 e. The lowest BCUT2D eigenvalue weighted by Gasteiger charge is -2.46. The second kappa shape index (κ2) is 38.8. The Bertz CT molecular complexity index is 3230. The second-order valence-electron chi connectivity index (χ2n) is 32.3. The summed E-state index contributed by atoms with van der Waals surface area (Å²) in [4.78, 5) is 191. The number of fused-ring (bicyclic) bond motifs is 3. The van der Waals surface area contributed by atoms with Crippen LogP contribution in [-0.2, 0) is 62.3 Å². The highest BCUT2D eigenvalue weighted by Crippen LogP contribution is 2.46. The molecular weight excluding hydrogens is 1440 g/mol. The van der Waals surface area contributed by atoms with E-state index in [2.05, 4.69) is 21.3 Å². The number of ether oxygens (including phenoxy) is 1.